The van der Waals surface area contributed by atoms with Gasteiger partial charge in [-0.3, -0.25) is 0 Å². The third-order valence-corrected chi connectivity index (χ3v) is 3.31. The molecule has 1 unspecified atom stereocenters. The largest absolute Gasteiger partial charge is 0.394 e. The average Bonchev–Trinajstić information content (AvgIpc) is 2.20. The Morgan fingerprint density at radius 1 is 1.50 bits per heavy atom. The van der Waals surface area contributed by atoms with Crippen molar-refractivity contribution in [1.29, 1.82) is 0 Å². The Balaban J connectivity index is 2.38. The molecule has 0 saturated carbocycles. The number of aryl methyl sites for hydroxylation is 1. The second-order valence-electron chi connectivity index (χ2n) is 4.07. The normalized spacial score (nSPS) is 25.9. The second kappa shape index (κ2) is 3.54. The molecule has 14 heavy (non-hydrogen) atoms. The van der Waals surface area contributed by atoms with E-state index in [9.17, 15) is 5.11 Å². The van der Waals surface area contributed by atoms with E-state index in [0.717, 1.165) is 23.4 Å². The lowest BCUT2D eigenvalue weighted by molar-refractivity contribution is 0.181. The van der Waals surface area contributed by atoms with E-state index in [0.29, 0.717) is 6.42 Å². The molecule has 3 N–H and O–H groups in total. The van der Waals surface area contributed by atoms with Gasteiger partial charge in [-0.15, -0.1) is 0 Å². The van der Waals surface area contributed by atoms with Gasteiger partial charge in [0, 0.05) is 10.6 Å². The van der Waals surface area contributed by atoms with E-state index in [1.165, 1.54) is 5.56 Å². The van der Waals surface area contributed by atoms with E-state index in [2.05, 4.69) is 6.07 Å². The Morgan fingerprint density at radius 2 is 2.29 bits per heavy atom. The van der Waals surface area contributed by atoms with Crippen LogP contribution in [0.1, 0.15) is 17.5 Å². The van der Waals surface area contributed by atoms with Crippen molar-refractivity contribution in [3.05, 3.63) is 34.3 Å². The van der Waals surface area contributed by atoms with Gasteiger partial charge >= 0.3 is 0 Å². The highest BCUT2D eigenvalue weighted by atomic mass is 35.5. The summed E-state index contributed by atoms with van der Waals surface area (Å²) in [5, 5.41) is 9.97. The van der Waals surface area contributed by atoms with E-state index >= 15 is 0 Å². The first kappa shape index (κ1) is 9.97. The first-order valence-electron chi connectivity index (χ1n) is 4.81. The van der Waals surface area contributed by atoms with E-state index in [4.69, 9.17) is 17.3 Å². The smallest absolute Gasteiger partial charge is 0.0614 e. The molecule has 2 nitrogen and oxygen atoms in total. The summed E-state index contributed by atoms with van der Waals surface area (Å²) in [4.78, 5) is 0. The van der Waals surface area contributed by atoms with Crippen LogP contribution in [0.15, 0.2) is 18.2 Å². The SMILES string of the molecule is NC1(CO)CCc2cccc(Cl)c2C1. The van der Waals surface area contributed by atoms with Gasteiger partial charge in [0.25, 0.3) is 0 Å². The number of rotatable bonds is 1. The minimum Gasteiger partial charge on any atom is -0.394 e. The molecule has 0 bridgehead atoms. The fraction of sp³-hybridized carbons (Fsp3) is 0.455. The maximum atomic E-state index is 9.20. The van der Waals surface area contributed by atoms with Crippen LogP contribution in [0.3, 0.4) is 0 Å². The van der Waals surface area contributed by atoms with Gasteiger partial charge in [-0.2, -0.15) is 0 Å². The van der Waals surface area contributed by atoms with Gasteiger partial charge in [0.15, 0.2) is 0 Å². The van der Waals surface area contributed by atoms with Crippen LogP contribution in [-0.4, -0.2) is 17.3 Å². The van der Waals surface area contributed by atoms with Crippen molar-refractivity contribution in [1.82, 2.24) is 0 Å². The third-order valence-electron chi connectivity index (χ3n) is 2.95. The first-order valence-corrected chi connectivity index (χ1v) is 5.18. The topological polar surface area (TPSA) is 46.2 Å². The molecule has 0 aromatic heterocycles. The van der Waals surface area contributed by atoms with Crippen molar-refractivity contribution in [2.24, 2.45) is 5.73 Å². The molecule has 3 heteroatoms. The molecule has 1 aromatic rings. The molecular weight excluding hydrogens is 198 g/mol. The Morgan fingerprint density at radius 3 is 3.00 bits per heavy atom. The van der Waals surface area contributed by atoms with E-state index < -0.39 is 5.54 Å². The van der Waals surface area contributed by atoms with Crippen LogP contribution in [-0.2, 0) is 12.8 Å². The van der Waals surface area contributed by atoms with Crippen molar-refractivity contribution < 1.29 is 5.11 Å². The van der Waals surface area contributed by atoms with Crippen molar-refractivity contribution in [2.45, 2.75) is 24.8 Å². The van der Waals surface area contributed by atoms with Crippen LogP contribution in [0, 0.1) is 0 Å². The van der Waals surface area contributed by atoms with Crippen molar-refractivity contribution in [3.63, 3.8) is 0 Å². The standard InChI is InChI=1S/C11H14ClNO/c12-10-3-1-2-8-4-5-11(13,7-14)6-9(8)10/h1-3,14H,4-7,13H2. The average molecular weight is 212 g/mol. The van der Waals surface area contributed by atoms with Gasteiger partial charge in [0.1, 0.15) is 0 Å². The van der Waals surface area contributed by atoms with Crippen LogP contribution in [0.2, 0.25) is 5.02 Å². The minimum absolute atomic E-state index is 0.0255. The summed E-state index contributed by atoms with van der Waals surface area (Å²) >= 11 is 6.09. The summed E-state index contributed by atoms with van der Waals surface area (Å²) in [6.45, 7) is 0.0255. The minimum atomic E-state index is -0.474. The molecule has 1 aliphatic rings. The van der Waals surface area contributed by atoms with Crippen LogP contribution in [0.5, 0.6) is 0 Å². The fourth-order valence-corrected chi connectivity index (χ4v) is 2.26. The highest BCUT2D eigenvalue weighted by Crippen LogP contribution is 2.31. The lowest BCUT2D eigenvalue weighted by Crippen LogP contribution is -2.48. The van der Waals surface area contributed by atoms with Crippen LogP contribution in [0.4, 0.5) is 0 Å². The number of hydrogen-bond acceptors (Lipinski definition) is 2. The zero-order valence-electron chi connectivity index (χ0n) is 7.96. The van der Waals surface area contributed by atoms with Crippen LogP contribution in [0.25, 0.3) is 0 Å². The summed E-state index contributed by atoms with van der Waals surface area (Å²) in [7, 11) is 0. The summed E-state index contributed by atoms with van der Waals surface area (Å²) in [6, 6.07) is 5.92. The van der Waals surface area contributed by atoms with Crippen molar-refractivity contribution in [3.8, 4) is 0 Å². The summed E-state index contributed by atoms with van der Waals surface area (Å²) in [6.07, 6.45) is 2.42. The quantitative estimate of drug-likeness (QED) is 0.740. The number of aliphatic hydroxyl groups excluding tert-OH is 1. The number of nitrogens with two attached hydrogens (primary N) is 1. The van der Waals surface area contributed by atoms with Gasteiger partial charge in [0.05, 0.1) is 6.61 Å². The molecule has 1 aromatic carbocycles. The number of hydrogen-bond donors (Lipinski definition) is 2. The molecule has 0 saturated heterocycles. The Hall–Kier alpha value is -0.570. The van der Waals surface area contributed by atoms with Gasteiger partial charge in [-0.05, 0) is 36.5 Å². The highest BCUT2D eigenvalue weighted by Gasteiger charge is 2.30. The van der Waals surface area contributed by atoms with Crippen LogP contribution >= 0.6 is 11.6 Å². The van der Waals surface area contributed by atoms with Crippen molar-refractivity contribution in [2.75, 3.05) is 6.61 Å². The van der Waals surface area contributed by atoms with E-state index in [-0.39, 0.29) is 6.61 Å². The van der Waals surface area contributed by atoms with E-state index in [1.54, 1.807) is 0 Å². The first-order chi connectivity index (χ1) is 6.64. The molecule has 0 radical (unpaired) electrons. The molecule has 0 heterocycles. The molecule has 1 atom stereocenters. The number of halogens is 1. The van der Waals surface area contributed by atoms with Gasteiger partial charge in [0.2, 0.25) is 0 Å². The maximum absolute atomic E-state index is 9.20. The highest BCUT2D eigenvalue weighted by molar-refractivity contribution is 6.31. The Labute approximate surface area is 88.7 Å². The summed E-state index contributed by atoms with van der Waals surface area (Å²) in [5.74, 6) is 0. The molecule has 0 fully saturated rings. The maximum Gasteiger partial charge on any atom is 0.0614 e. The predicted octanol–water partition coefficient (Wildman–Crippen LogP) is 1.52. The predicted molar refractivity (Wildman–Crippen MR) is 57.5 cm³/mol. The van der Waals surface area contributed by atoms with Gasteiger partial charge < -0.3 is 10.8 Å². The van der Waals surface area contributed by atoms with Crippen LogP contribution < -0.4 is 5.73 Å². The lowest BCUT2D eigenvalue weighted by atomic mass is 9.79. The van der Waals surface area contributed by atoms with Crippen molar-refractivity contribution >= 4 is 11.6 Å². The monoisotopic (exact) mass is 211 g/mol. The number of aliphatic hydroxyl groups is 1. The third kappa shape index (κ3) is 1.65. The van der Waals surface area contributed by atoms with Gasteiger partial charge in [-0.1, -0.05) is 23.7 Å². The van der Waals surface area contributed by atoms with E-state index in [1.807, 2.05) is 12.1 Å². The zero-order chi connectivity index (χ0) is 10.2. The number of benzene rings is 1. The Kier molecular flexibility index (Phi) is 2.52. The molecular formula is C11H14ClNO. The molecule has 0 spiro atoms. The second-order valence-corrected chi connectivity index (χ2v) is 4.48. The fourth-order valence-electron chi connectivity index (χ4n) is 1.99. The lowest BCUT2D eigenvalue weighted by Gasteiger charge is -2.33. The molecule has 0 amide bonds. The van der Waals surface area contributed by atoms with Gasteiger partial charge in [-0.25, -0.2) is 0 Å². The molecule has 76 valence electrons. The summed E-state index contributed by atoms with van der Waals surface area (Å²) < 4.78 is 0. The molecule has 1 aliphatic carbocycles. The molecule has 0 aliphatic heterocycles. The molecule has 2 rings (SSSR count). The number of fused-ring (bicyclic) bond motifs is 1. The summed E-state index contributed by atoms with van der Waals surface area (Å²) in [5.41, 5.74) is 7.94. The Bertz CT molecular complexity index is 353. The zero-order valence-corrected chi connectivity index (χ0v) is 8.72.